The Labute approximate surface area is 225 Å². The molecule has 2 atom stereocenters. The molecule has 0 radical (unpaired) electrons. The molecule has 0 bridgehead atoms. The Kier molecular flexibility index (Phi) is 6.47. The average Bonchev–Trinajstić information content (AvgIpc) is 3.28. The molecular weight excluding hydrogens is 540 g/mol. The number of halogens is 2. The van der Waals surface area contributed by atoms with Crippen molar-refractivity contribution in [2.24, 2.45) is 0 Å². The molecule has 178 valence electrons. The smallest absolute Gasteiger partial charge is 0.174 e. The number of nitrogens with one attached hydrogen (secondary N) is 1. The van der Waals surface area contributed by atoms with Crippen LogP contribution in [-0.4, -0.2) is 14.7 Å². The molecule has 1 aliphatic heterocycles. The second-order valence-corrected chi connectivity index (χ2v) is 10.6. The second-order valence-electron chi connectivity index (χ2n) is 8.95. The third-order valence-electron chi connectivity index (χ3n) is 6.89. The van der Waals surface area contributed by atoms with E-state index in [-0.39, 0.29) is 12.1 Å². The molecule has 4 aromatic rings. The summed E-state index contributed by atoms with van der Waals surface area (Å²) in [6.07, 6.45) is 1.84. The molecule has 0 spiro atoms. The maximum absolute atomic E-state index is 6.37. The van der Waals surface area contributed by atoms with Crippen LogP contribution in [0.15, 0.2) is 71.3 Å². The Balaban J connectivity index is 1.74. The van der Waals surface area contributed by atoms with Crippen LogP contribution < -0.4 is 10.2 Å². The van der Waals surface area contributed by atoms with Gasteiger partial charge in [-0.1, -0.05) is 39.7 Å². The predicted molar refractivity (Wildman–Crippen MR) is 152 cm³/mol. The van der Waals surface area contributed by atoms with E-state index in [4.69, 9.17) is 28.8 Å². The van der Waals surface area contributed by atoms with Gasteiger partial charge in [0.25, 0.3) is 0 Å². The van der Waals surface area contributed by atoms with Gasteiger partial charge < -0.3 is 14.8 Å². The van der Waals surface area contributed by atoms with Gasteiger partial charge in [0.2, 0.25) is 0 Å². The first kappa shape index (κ1) is 24.0. The maximum atomic E-state index is 6.37. The van der Waals surface area contributed by atoms with Crippen LogP contribution in [0.25, 0.3) is 5.69 Å². The van der Waals surface area contributed by atoms with Gasteiger partial charge in [0, 0.05) is 44.0 Å². The molecule has 5 rings (SSSR count). The van der Waals surface area contributed by atoms with Gasteiger partial charge in [0.05, 0.1) is 17.8 Å². The van der Waals surface area contributed by atoms with Gasteiger partial charge in [0.15, 0.2) is 5.11 Å². The van der Waals surface area contributed by atoms with Crippen LogP contribution in [0.2, 0.25) is 5.02 Å². The summed E-state index contributed by atoms with van der Waals surface area (Å²) in [7, 11) is 0. The highest BCUT2D eigenvalue weighted by atomic mass is 79.9. The highest BCUT2D eigenvalue weighted by molar-refractivity contribution is 9.10. The van der Waals surface area contributed by atoms with Crippen molar-refractivity contribution in [1.82, 2.24) is 14.9 Å². The fraction of sp³-hybridized carbons (Fsp3) is 0.214. The van der Waals surface area contributed by atoms with E-state index in [1.807, 2.05) is 36.5 Å². The van der Waals surface area contributed by atoms with E-state index < -0.39 is 0 Å². The minimum Gasteiger partial charge on any atom is -0.351 e. The number of hydrogen-bond donors (Lipinski definition) is 1. The number of aromatic nitrogens is 2. The summed E-state index contributed by atoms with van der Waals surface area (Å²) < 4.78 is 3.37. The summed E-state index contributed by atoms with van der Waals surface area (Å²) in [5.41, 5.74) is 9.05. The number of thiocarbonyl (C=S) groups is 1. The Bertz CT molecular complexity index is 1430. The van der Waals surface area contributed by atoms with E-state index in [0.29, 0.717) is 5.11 Å². The maximum Gasteiger partial charge on any atom is 0.174 e. The number of rotatable bonds is 4. The quantitative estimate of drug-likeness (QED) is 0.257. The zero-order chi connectivity index (χ0) is 24.9. The molecule has 2 aromatic heterocycles. The normalized spacial score (nSPS) is 17.7. The van der Waals surface area contributed by atoms with E-state index in [2.05, 4.69) is 88.7 Å². The third kappa shape index (κ3) is 4.18. The van der Waals surface area contributed by atoms with E-state index in [1.54, 1.807) is 0 Å². The molecule has 3 heterocycles. The molecule has 1 N–H and O–H groups in total. The van der Waals surface area contributed by atoms with E-state index in [1.165, 1.54) is 22.5 Å². The standard InChI is InChI=1S/C28H26BrClN4S/c1-16-14-22(11-12-23(16)29)34-27(26(32-28(34)35)24-10-5-6-13-31-24)25-17(2)18(3)33(19(25)4)21-9-7-8-20(30)15-21/h5-15,26-27H,1-4H3,(H,32,35)/t26-,27-/m0/s1. The zero-order valence-electron chi connectivity index (χ0n) is 20.0. The lowest BCUT2D eigenvalue weighted by molar-refractivity contribution is 0.563. The van der Waals surface area contributed by atoms with Crippen molar-refractivity contribution in [3.63, 3.8) is 0 Å². The molecule has 7 heteroatoms. The Morgan fingerprint density at radius 2 is 1.74 bits per heavy atom. The van der Waals surface area contributed by atoms with Crippen molar-refractivity contribution in [3.8, 4) is 5.69 Å². The molecule has 0 amide bonds. The van der Waals surface area contributed by atoms with Crippen LogP contribution >= 0.6 is 39.7 Å². The summed E-state index contributed by atoms with van der Waals surface area (Å²) in [6.45, 7) is 8.64. The van der Waals surface area contributed by atoms with Gasteiger partial charge in [-0.15, -0.1) is 0 Å². The monoisotopic (exact) mass is 564 g/mol. The summed E-state index contributed by atoms with van der Waals surface area (Å²) in [6, 6.07) is 20.2. The molecule has 35 heavy (non-hydrogen) atoms. The van der Waals surface area contributed by atoms with Crippen molar-refractivity contribution in [2.45, 2.75) is 39.8 Å². The lowest BCUT2D eigenvalue weighted by Gasteiger charge is -2.29. The molecule has 1 fully saturated rings. The zero-order valence-corrected chi connectivity index (χ0v) is 23.2. The van der Waals surface area contributed by atoms with Gasteiger partial charge in [-0.25, -0.2) is 0 Å². The largest absolute Gasteiger partial charge is 0.351 e. The number of benzene rings is 2. The molecule has 1 saturated heterocycles. The van der Waals surface area contributed by atoms with Gasteiger partial charge in [0.1, 0.15) is 0 Å². The summed E-state index contributed by atoms with van der Waals surface area (Å²) in [5, 5.41) is 5.00. The molecule has 2 aromatic carbocycles. The van der Waals surface area contributed by atoms with E-state index in [0.717, 1.165) is 32.1 Å². The summed E-state index contributed by atoms with van der Waals surface area (Å²) in [4.78, 5) is 6.95. The van der Waals surface area contributed by atoms with Crippen LogP contribution in [0.3, 0.4) is 0 Å². The number of pyridine rings is 1. The first-order valence-corrected chi connectivity index (χ1v) is 13.1. The third-order valence-corrected chi connectivity index (χ3v) is 8.33. The van der Waals surface area contributed by atoms with Crippen molar-refractivity contribution < 1.29 is 0 Å². The highest BCUT2D eigenvalue weighted by Crippen LogP contribution is 2.45. The number of aryl methyl sites for hydroxylation is 1. The number of anilines is 1. The molecule has 1 aliphatic rings. The van der Waals surface area contributed by atoms with E-state index >= 15 is 0 Å². The lowest BCUT2D eigenvalue weighted by atomic mass is 9.93. The molecule has 4 nitrogen and oxygen atoms in total. The number of hydrogen-bond acceptors (Lipinski definition) is 2. The minimum absolute atomic E-state index is 0.0721. The summed E-state index contributed by atoms with van der Waals surface area (Å²) >= 11 is 15.9. The van der Waals surface area contributed by atoms with Crippen LogP contribution in [0.4, 0.5) is 5.69 Å². The minimum atomic E-state index is -0.0975. The van der Waals surface area contributed by atoms with Crippen molar-refractivity contribution >= 4 is 50.5 Å². The topological polar surface area (TPSA) is 33.1 Å². The molecule has 0 unspecified atom stereocenters. The van der Waals surface area contributed by atoms with Crippen LogP contribution in [0, 0.1) is 27.7 Å². The van der Waals surface area contributed by atoms with Gasteiger partial charge >= 0.3 is 0 Å². The summed E-state index contributed by atoms with van der Waals surface area (Å²) in [5.74, 6) is 0. The average molecular weight is 566 g/mol. The van der Waals surface area contributed by atoms with Gasteiger partial charge in [-0.2, -0.15) is 0 Å². The lowest BCUT2D eigenvalue weighted by Crippen LogP contribution is -2.30. The SMILES string of the molecule is Cc1cc(N2C(=S)N[C@@H](c3ccccn3)[C@@H]2c2c(C)c(C)n(-c3cccc(Cl)c3)c2C)ccc1Br. The molecule has 0 aliphatic carbocycles. The van der Waals surface area contributed by atoms with Crippen LogP contribution in [0.5, 0.6) is 0 Å². The Hall–Kier alpha value is -2.67. The fourth-order valence-corrected chi connectivity index (χ4v) is 5.93. The van der Waals surface area contributed by atoms with Crippen molar-refractivity contribution in [2.75, 3.05) is 4.90 Å². The Morgan fingerprint density at radius 3 is 2.43 bits per heavy atom. The first-order valence-electron chi connectivity index (χ1n) is 11.5. The molecular formula is C28H26BrClN4S. The Morgan fingerprint density at radius 1 is 0.943 bits per heavy atom. The van der Waals surface area contributed by atoms with E-state index in [9.17, 15) is 0 Å². The highest BCUT2D eigenvalue weighted by Gasteiger charge is 2.43. The second kappa shape index (κ2) is 9.41. The first-order chi connectivity index (χ1) is 16.8. The van der Waals surface area contributed by atoms with Crippen LogP contribution in [0.1, 0.15) is 45.9 Å². The number of nitrogens with zero attached hydrogens (tertiary/aromatic N) is 3. The molecule has 0 saturated carbocycles. The fourth-order valence-electron chi connectivity index (χ4n) is 5.15. The van der Waals surface area contributed by atoms with Gasteiger partial charge in [-0.05, 0) is 99.6 Å². The van der Waals surface area contributed by atoms with Gasteiger partial charge in [-0.3, -0.25) is 4.98 Å². The predicted octanol–water partition coefficient (Wildman–Crippen LogP) is 7.70. The van der Waals surface area contributed by atoms with Crippen molar-refractivity contribution in [1.29, 1.82) is 0 Å². The van der Waals surface area contributed by atoms with Crippen molar-refractivity contribution in [3.05, 3.63) is 110 Å². The van der Waals surface area contributed by atoms with Crippen LogP contribution in [-0.2, 0) is 0 Å².